The van der Waals surface area contributed by atoms with Crippen molar-refractivity contribution in [1.82, 2.24) is 9.88 Å². The van der Waals surface area contributed by atoms with Gasteiger partial charge < -0.3 is 19.7 Å². The third-order valence-corrected chi connectivity index (χ3v) is 6.67. The van der Waals surface area contributed by atoms with Crippen molar-refractivity contribution in [2.45, 2.75) is 57.8 Å². The molecule has 2 aromatic carbocycles. The summed E-state index contributed by atoms with van der Waals surface area (Å²) in [7, 11) is 0. The van der Waals surface area contributed by atoms with Gasteiger partial charge in [-0.25, -0.2) is 4.79 Å². The molecule has 1 saturated heterocycles. The number of amides is 1. The largest absolute Gasteiger partial charge is 0.438 e. The zero-order valence-electron chi connectivity index (χ0n) is 20.2. The molecule has 0 unspecified atom stereocenters. The smallest absolute Gasteiger partial charge is 0.411 e. The van der Waals surface area contributed by atoms with Gasteiger partial charge in [-0.1, -0.05) is 54.6 Å². The fraction of sp³-hybridized carbons (Fsp3) is 0.357. The van der Waals surface area contributed by atoms with Gasteiger partial charge in [0.2, 0.25) is 0 Å². The molecule has 1 aliphatic heterocycles. The molecule has 0 bridgehead atoms. The first-order valence-electron chi connectivity index (χ1n) is 11.7. The Bertz CT molecular complexity index is 1210. The number of nitrogens with zero attached hydrogens (tertiary/aromatic N) is 1. The summed E-state index contributed by atoms with van der Waals surface area (Å²) < 4.78 is 6.10. The van der Waals surface area contributed by atoms with Crippen LogP contribution >= 0.6 is 0 Å². The van der Waals surface area contributed by atoms with E-state index in [2.05, 4.69) is 4.98 Å². The molecular weight excluding hydrogens is 428 g/mol. The Morgan fingerprint density at radius 3 is 2.38 bits per heavy atom. The predicted molar refractivity (Wildman–Crippen MR) is 132 cm³/mol. The Morgan fingerprint density at radius 1 is 1.09 bits per heavy atom. The summed E-state index contributed by atoms with van der Waals surface area (Å²) in [5, 5.41) is 10.6. The Hall–Kier alpha value is -3.38. The van der Waals surface area contributed by atoms with E-state index in [-0.39, 0.29) is 17.7 Å². The minimum absolute atomic E-state index is 0.0982. The van der Waals surface area contributed by atoms with E-state index in [1.807, 2.05) is 67.6 Å². The van der Waals surface area contributed by atoms with E-state index in [4.69, 9.17) is 4.74 Å². The maximum absolute atomic E-state index is 13.2. The normalized spacial score (nSPS) is 19.6. The van der Waals surface area contributed by atoms with E-state index >= 15 is 0 Å². The van der Waals surface area contributed by atoms with Crippen molar-refractivity contribution in [3.05, 3.63) is 93.9 Å². The first-order chi connectivity index (χ1) is 16.1. The van der Waals surface area contributed by atoms with Gasteiger partial charge in [-0.2, -0.15) is 0 Å². The molecule has 1 fully saturated rings. The minimum Gasteiger partial charge on any atom is -0.438 e. The predicted octanol–water partition coefficient (Wildman–Crippen LogP) is 5.31. The number of aromatic amines is 1. The second kappa shape index (κ2) is 9.11. The van der Waals surface area contributed by atoms with Gasteiger partial charge in [0.25, 0.3) is 5.56 Å². The first kappa shape index (κ1) is 23.8. The SMILES string of the molecule is Cc1c(-c2ccc([C@H](C)N3CC[C@](CC(C)(C)O)(c4ccccc4)OC3=O)cc2)cc[nH]c1=O. The molecule has 3 aromatic rings. The molecule has 1 aliphatic rings. The maximum atomic E-state index is 13.2. The fourth-order valence-corrected chi connectivity index (χ4v) is 4.88. The van der Waals surface area contributed by atoms with E-state index < -0.39 is 11.2 Å². The average molecular weight is 461 g/mol. The fourth-order valence-electron chi connectivity index (χ4n) is 4.88. The Kier molecular flexibility index (Phi) is 6.36. The molecular formula is C28H32N2O4. The van der Waals surface area contributed by atoms with E-state index in [0.29, 0.717) is 24.9 Å². The molecule has 0 radical (unpaired) electrons. The van der Waals surface area contributed by atoms with Crippen molar-refractivity contribution in [2.24, 2.45) is 0 Å². The van der Waals surface area contributed by atoms with Gasteiger partial charge in [-0.3, -0.25) is 4.79 Å². The third-order valence-electron chi connectivity index (χ3n) is 6.67. The van der Waals surface area contributed by atoms with Crippen molar-refractivity contribution in [2.75, 3.05) is 6.54 Å². The van der Waals surface area contributed by atoms with Crippen molar-refractivity contribution in [3.8, 4) is 11.1 Å². The van der Waals surface area contributed by atoms with Crippen LogP contribution in [-0.4, -0.2) is 33.2 Å². The van der Waals surface area contributed by atoms with Crippen LogP contribution in [0.4, 0.5) is 4.79 Å². The van der Waals surface area contributed by atoms with Crippen LogP contribution in [0.3, 0.4) is 0 Å². The quantitative estimate of drug-likeness (QED) is 0.522. The molecule has 6 heteroatoms. The second-order valence-corrected chi connectivity index (χ2v) is 9.80. The lowest BCUT2D eigenvalue weighted by atomic mass is 9.80. The van der Waals surface area contributed by atoms with Crippen LogP contribution in [0, 0.1) is 6.92 Å². The van der Waals surface area contributed by atoms with Crippen LogP contribution in [0.5, 0.6) is 0 Å². The van der Waals surface area contributed by atoms with Gasteiger partial charge in [0.05, 0.1) is 11.6 Å². The lowest BCUT2D eigenvalue weighted by Gasteiger charge is -2.45. The molecule has 2 heterocycles. The first-order valence-corrected chi connectivity index (χ1v) is 11.7. The van der Waals surface area contributed by atoms with Crippen LogP contribution in [0.25, 0.3) is 11.1 Å². The van der Waals surface area contributed by atoms with Crippen LogP contribution in [-0.2, 0) is 10.3 Å². The van der Waals surface area contributed by atoms with Gasteiger partial charge in [-0.05, 0) is 56.0 Å². The summed E-state index contributed by atoms with van der Waals surface area (Å²) in [5.41, 5.74) is 2.44. The number of rotatable bonds is 6. The van der Waals surface area contributed by atoms with E-state index in [1.165, 1.54) is 0 Å². The number of carbonyl (C=O) groups is 1. The molecule has 0 spiro atoms. The zero-order chi connectivity index (χ0) is 24.5. The Balaban J connectivity index is 1.55. The summed E-state index contributed by atoms with van der Waals surface area (Å²) in [5.74, 6) is 0. The van der Waals surface area contributed by atoms with Gasteiger partial charge in [0.15, 0.2) is 0 Å². The Morgan fingerprint density at radius 2 is 1.76 bits per heavy atom. The molecule has 0 saturated carbocycles. The molecule has 4 rings (SSSR count). The average Bonchev–Trinajstić information content (AvgIpc) is 2.80. The van der Waals surface area contributed by atoms with Crippen LogP contribution in [0.15, 0.2) is 71.7 Å². The standard InChI is InChI=1S/C28H32N2O4/c1-19-24(14-16-29-25(19)31)22-12-10-21(11-13-22)20(2)30-17-15-28(34-26(30)32,18-27(3,4)33)23-8-6-5-7-9-23/h5-14,16,20,33H,15,17-18H2,1-4H3,(H,29,31)/t20-,28-/m0/s1. The molecule has 0 aliphatic carbocycles. The third kappa shape index (κ3) is 4.77. The summed E-state index contributed by atoms with van der Waals surface area (Å²) >= 11 is 0. The molecule has 1 aromatic heterocycles. The van der Waals surface area contributed by atoms with Gasteiger partial charge >= 0.3 is 6.09 Å². The molecule has 1 amide bonds. The van der Waals surface area contributed by atoms with Crippen molar-refractivity contribution >= 4 is 6.09 Å². The van der Waals surface area contributed by atoms with Gasteiger partial charge in [0.1, 0.15) is 5.60 Å². The highest BCUT2D eigenvalue weighted by Crippen LogP contribution is 2.42. The van der Waals surface area contributed by atoms with E-state index in [0.717, 1.165) is 22.3 Å². The number of hydrogen-bond acceptors (Lipinski definition) is 4. The minimum atomic E-state index is -0.989. The monoisotopic (exact) mass is 460 g/mol. The number of pyridine rings is 1. The number of cyclic esters (lactones) is 1. The number of aromatic nitrogens is 1. The van der Waals surface area contributed by atoms with Gasteiger partial charge in [0, 0.05) is 31.1 Å². The molecule has 34 heavy (non-hydrogen) atoms. The van der Waals surface area contributed by atoms with Gasteiger partial charge in [-0.15, -0.1) is 0 Å². The topological polar surface area (TPSA) is 82.6 Å². The van der Waals surface area contributed by atoms with Crippen LogP contribution in [0.2, 0.25) is 0 Å². The lowest BCUT2D eigenvalue weighted by molar-refractivity contribution is -0.101. The highest BCUT2D eigenvalue weighted by molar-refractivity contribution is 5.71. The number of aliphatic hydroxyl groups is 1. The number of nitrogens with one attached hydrogen (secondary N) is 1. The second-order valence-electron chi connectivity index (χ2n) is 9.80. The summed E-state index contributed by atoms with van der Waals surface area (Å²) in [4.78, 5) is 29.6. The number of benzene rings is 2. The van der Waals surface area contributed by atoms with Crippen LogP contribution < -0.4 is 5.56 Å². The van der Waals surface area contributed by atoms with Crippen molar-refractivity contribution in [3.63, 3.8) is 0 Å². The highest BCUT2D eigenvalue weighted by Gasteiger charge is 2.46. The van der Waals surface area contributed by atoms with Crippen molar-refractivity contribution < 1.29 is 14.6 Å². The number of hydrogen-bond donors (Lipinski definition) is 2. The van der Waals surface area contributed by atoms with E-state index in [1.54, 1.807) is 31.9 Å². The summed E-state index contributed by atoms with van der Waals surface area (Å²) in [6.45, 7) is 7.79. The van der Waals surface area contributed by atoms with E-state index in [9.17, 15) is 14.7 Å². The van der Waals surface area contributed by atoms with Crippen molar-refractivity contribution in [1.29, 1.82) is 0 Å². The number of H-pyrrole nitrogens is 1. The number of ether oxygens (including phenoxy) is 1. The molecule has 2 atom stereocenters. The highest BCUT2D eigenvalue weighted by atomic mass is 16.6. The summed E-state index contributed by atoms with van der Waals surface area (Å²) in [6.07, 6.45) is 2.17. The lowest BCUT2D eigenvalue weighted by Crippen LogP contribution is -2.51. The van der Waals surface area contributed by atoms with Crippen LogP contribution in [0.1, 0.15) is 56.3 Å². The zero-order valence-corrected chi connectivity index (χ0v) is 20.2. The molecule has 6 nitrogen and oxygen atoms in total. The Labute approximate surface area is 200 Å². The number of carbonyl (C=O) groups excluding carboxylic acids is 1. The molecule has 2 N–H and O–H groups in total. The maximum Gasteiger partial charge on any atom is 0.411 e. The summed E-state index contributed by atoms with van der Waals surface area (Å²) in [6, 6.07) is 19.3. The molecule has 178 valence electrons.